The number of aromatic nitrogens is 4. The van der Waals surface area contributed by atoms with Gasteiger partial charge >= 0.3 is 0 Å². The van der Waals surface area contributed by atoms with Gasteiger partial charge in [-0.15, -0.1) is 12.4 Å². The van der Waals surface area contributed by atoms with Crippen LogP contribution in [0, 0.1) is 10.8 Å². The molecule has 2 aromatic rings. The number of likely N-dealkylation sites (tertiary alicyclic amines) is 1. The van der Waals surface area contributed by atoms with Gasteiger partial charge in [-0.2, -0.15) is 10.1 Å². The minimum absolute atomic E-state index is 0. The minimum Gasteiger partial charge on any atom is -0.355 e. The standard InChI is InChI=1S/C17H23N7O.ClH/c1-16-8-23(12-25)9-17(16,2)11-24(10-16)14-4-5-18-15(21-14)20-13-6-19-22(3)7-13;/h4-7,12H,8-11H2,1-3H3,(H,18,20,21);1H/t16-,17+;. The Balaban J connectivity index is 0.00000196. The Morgan fingerprint density at radius 2 is 1.88 bits per heavy atom. The summed E-state index contributed by atoms with van der Waals surface area (Å²) in [4.78, 5) is 24.3. The van der Waals surface area contributed by atoms with Crippen molar-refractivity contribution in [1.29, 1.82) is 0 Å². The number of anilines is 3. The van der Waals surface area contributed by atoms with E-state index in [1.54, 1.807) is 17.1 Å². The number of halogens is 1. The average molecular weight is 378 g/mol. The van der Waals surface area contributed by atoms with Crippen molar-refractivity contribution in [3.8, 4) is 0 Å². The van der Waals surface area contributed by atoms with Crippen LogP contribution in [0.1, 0.15) is 13.8 Å². The summed E-state index contributed by atoms with van der Waals surface area (Å²) in [6.45, 7) is 7.91. The van der Waals surface area contributed by atoms with E-state index < -0.39 is 0 Å². The van der Waals surface area contributed by atoms with Crippen LogP contribution in [0.4, 0.5) is 17.5 Å². The summed E-state index contributed by atoms with van der Waals surface area (Å²) in [7, 11) is 1.87. The van der Waals surface area contributed by atoms with Gasteiger partial charge in [0.1, 0.15) is 5.82 Å². The zero-order valence-electron chi connectivity index (χ0n) is 15.2. The Kier molecular flexibility index (Phi) is 4.56. The molecule has 2 aromatic heterocycles. The van der Waals surface area contributed by atoms with Crippen LogP contribution in [-0.4, -0.2) is 57.2 Å². The third-order valence-corrected chi connectivity index (χ3v) is 5.72. The highest BCUT2D eigenvalue weighted by Crippen LogP contribution is 2.51. The first-order chi connectivity index (χ1) is 11.9. The first-order valence-electron chi connectivity index (χ1n) is 8.44. The number of carbonyl (C=O) groups excluding carboxylic acids is 1. The molecule has 0 aromatic carbocycles. The van der Waals surface area contributed by atoms with Gasteiger partial charge < -0.3 is 15.1 Å². The lowest BCUT2D eigenvalue weighted by atomic mass is 9.71. The van der Waals surface area contributed by atoms with Crippen molar-refractivity contribution in [2.45, 2.75) is 13.8 Å². The molecule has 9 heteroatoms. The fourth-order valence-corrected chi connectivity index (χ4v) is 4.15. The molecule has 2 aliphatic heterocycles. The Hall–Kier alpha value is -2.35. The van der Waals surface area contributed by atoms with Gasteiger partial charge in [0.15, 0.2) is 0 Å². The van der Waals surface area contributed by atoms with Gasteiger partial charge in [-0.05, 0) is 6.07 Å². The van der Waals surface area contributed by atoms with E-state index in [0.29, 0.717) is 5.95 Å². The number of carbonyl (C=O) groups is 1. The molecule has 0 radical (unpaired) electrons. The summed E-state index contributed by atoms with van der Waals surface area (Å²) >= 11 is 0. The van der Waals surface area contributed by atoms with E-state index in [1.807, 2.05) is 24.2 Å². The largest absolute Gasteiger partial charge is 0.355 e. The molecule has 4 heterocycles. The van der Waals surface area contributed by atoms with Crippen molar-refractivity contribution in [2.24, 2.45) is 17.9 Å². The number of nitrogens with zero attached hydrogens (tertiary/aromatic N) is 6. The maximum absolute atomic E-state index is 11.2. The van der Waals surface area contributed by atoms with E-state index in [9.17, 15) is 4.79 Å². The molecular weight excluding hydrogens is 354 g/mol. The lowest BCUT2D eigenvalue weighted by molar-refractivity contribution is -0.117. The molecule has 2 saturated heterocycles. The summed E-state index contributed by atoms with van der Waals surface area (Å²) < 4.78 is 1.73. The Bertz CT molecular complexity index is 792. The molecular formula is C17H24ClN7O. The average Bonchev–Trinajstić information content (AvgIpc) is 3.15. The second-order valence-corrected chi connectivity index (χ2v) is 7.75. The van der Waals surface area contributed by atoms with E-state index in [-0.39, 0.29) is 23.2 Å². The van der Waals surface area contributed by atoms with Crippen molar-refractivity contribution in [2.75, 3.05) is 36.4 Å². The zero-order valence-corrected chi connectivity index (χ0v) is 16.0. The summed E-state index contributed by atoms with van der Waals surface area (Å²) in [5.41, 5.74) is 1.02. The Morgan fingerprint density at radius 1 is 1.19 bits per heavy atom. The Labute approximate surface area is 159 Å². The van der Waals surface area contributed by atoms with E-state index >= 15 is 0 Å². The summed E-state index contributed by atoms with van der Waals surface area (Å²) in [5.74, 6) is 1.48. The second kappa shape index (κ2) is 6.42. The number of fused-ring (bicyclic) bond motifs is 1. The lowest BCUT2D eigenvalue weighted by Gasteiger charge is -2.29. The number of aryl methyl sites for hydroxylation is 1. The summed E-state index contributed by atoms with van der Waals surface area (Å²) in [6.07, 6.45) is 6.37. The monoisotopic (exact) mass is 377 g/mol. The molecule has 2 fully saturated rings. The van der Waals surface area contributed by atoms with Gasteiger partial charge in [0.05, 0.1) is 11.9 Å². The molecule has 0 bridgehead atoms. The van der Waals surface area contributed by atoms with Gasteiger partial charge in [0, 0.05) is 56.5 Å². The van der Waals surface area contributed by atoms with Crippen molar-refractivity contribution < 1.29 is 4.79 Å². The number of hydrogen-bond acceptors (Lipinski definition) is 6. The molecule has 2 aliphatic rings. The lowest BCUT2D eigenvalue weighted by Crippen LogP contribution is -2.34. The second-order valence-electron chi connectivity index (χ2n) is 7.75. The van der Waals surface area contributed by atoms with Crippen LogP contribution in [0.5, 0.6) is 0 Å². The van der Waals surface area contributed by atoms with Gasteiger partial charge in [-0.3, -0.25) is 9.48 Å². The highest BCUT2D eigenvalue weighted by molar-refractivity contribution is 5.85. The van der Waals surface area contributed by atoms with Gasteiger partial charge in [-0.25, -0.2) is 4.98 Å². The van der Waals surface area contributed by atoms with Crippen LogP contribution in [0.15, 0.2) is 24.7 Å². The predicted molar refractivity (Wildman–Crippen MR) is 102 cm³/mol. The molecule has 1 amide bonds. The molecule has 1 N–H and O–H groups in total. The third-order valence-electron chi connectivity index (χ3n) is 5.72. The quantitative estimate of drug-likeness (QED) is 0.817. The van der Waals surface area contributed by atoms with Crippen LogP contribution in [-0.2, 0) is 11.8 Å². The molecule has 0 saturated carbocycles. The minimum atomic E-state index is 0. The number of rotatable bonds is 4. The Morgan fingerprint density at radius 3 is 2.46 bits per heavy atom. The number of hydrogen-bond donors (Lipinski definition) is 1. The van der Waals surface area contributed by atoms with Crippen LogP contribution < -0.4 is 10.2 Å². The molecule has 26 heavy (non-hydrogen) atoms. The van der Waals surface area contributed by atoms with Crippen LogP contribution in [0.25, 0.3) is 0 Å². The first kappa shape index (κ1) is 18.4. The van der Waals surface area contributed by atoms with E-state index in [0.717, 1.165) is 44.1 Å². The van der Waals surface area contributed by atoms with Gasteiger partial charge in [0.2, 0.25) is 12.4 Å². The molecule has 0 unspecified atom stereocenters. The van der Waals surface area contributed by atoms with Crippen LogP contribution in [0.3, 0.4) is 0 Å². The molecule has 2 atom stereocenters. The highest BCUT2D eigenvalue weighted by Gasteiger charge is 2.57. The predicted octanol–water partition coefficient (Wildman–Crippen LogP) is 1.68. The number of amides is 1. The fourth-order valence-electron chi connectivity index (χ4n) is 4.15. The smallest absolute Gasteiger partial charge is 0.229 e. The van der Waals surface area contributed by atoms with Crippen molar-refractivity contribution >= 4 is 36.3 Å². The third kappa shape index (κ3) is 2.98. The molecule has 140 valence electrons. The van der Waals surface area contributed by atoms with Crippen LogP contribution >= 0.6 is 12.4 Å². The van der Waals surface area contributed by atoms with E-state index in [4.69, 9.17) is 0 Å². The summed E-state index contributed by atoms with van der Waals surface area (Å²) in [5, 5.41) is 7.33. The van der Waals surface area contributed by atoms with E-state index in [1.165, 1.54) is 0 Å². The maximum Gasteiger partial charge on any atom is 0.229 e. The van der Waals surface area contributed by atoms with Crippen molar-refractivity contribution in [1.82, 2.24) is 24.6 Å². The summed E-state index contributed by atoms with van der Waals surface area (Å²) in [6, 6.07) is 1.94. The normalized spacial score (nSPS) is 27.2. The molecule has 0 spiro atoms. The highest BCUT2D eigenvalue weighted by atomic mass is 35.5. The van der Waals surface area contributed by atoms with E-state index in [2.05, 4.69) is 39.1 Å². The topological polar surface area (TPSA) is 79.2 Å². The molecule has 0 aliphatic carbocycles. The fraction of sp³-hybridized carbons (Fsp3) is 0.529. The SMILES string of the molecule is Cl.Cn1cc(Nc2nccc(N3C[C@]4(C)CN(C=O)C[C@]4(C)C3)n2)cn1. The zero-order chi connectivity index (χ0) is 17.7. The van der Waals surface area contributed by atoms with Crippen LogP contribution in [0.2, 0.25) is 0 Å². The maximum atomic E-state index is 11.2. The van der Waals surface area contributed by atoms with Gasteiger partial charge in [-0.1, -0.05) is 13.8 Å². The molecule has 4 rings (SSSR count). The number of nitrogens with one attached hydrogen (secondary N) is 1. The first-order valence-corrected chi connectivity index (χ1v) is 8.44. The molecule has 8 nitrogen and oxygen atoms in total. The van der Waals surface area contributed by atoms with Crippen molar-refractivity contribution in [3.63, 3.8) is 0 Å². The van der Waals surface area contributed by atoms with Crippen molar-refractivity contribution in [3.05, 3.63) is 24.7 Å². The van der Waals surface area contributed by atoms with Gasteiger partial charge in [0.25, 0.3) is 0 Å².